The van der Waals surface area contributed by atoms with E-state index in [9.17, 15) is 9.59 Å². The molecule has 0 aliphatic carbocycles. The Kier molecular flexibility index (Phi) is 8.11. The molecular weight excluding hydrogens is 464 g/mol. The van der Waals surface area contributed by atoms with Crippen molar-refractivity contribution >= 4 is 39.2 Å². The zero-order chi connectivity index (χ0) is 24.2. The van der Waals surface area contributed by atoms with E-state index in [0.717, 1.165) is 33.3 Å². The van der Waals surface area contributed by atoms with Crippen LogP contribution < -0.4 is 10.9 Å². The number of rotatable bonds is 8. The lowest BCUT2D eigenvalue weighted by Crippen LogP contribution is -2.33. The number of likely N-dealkylation sites (tertiary alicyclic amines) is 1. The number of carbonyl (C=O) groups excluding carboxylic acids is 1. The van der Waals surface area contributed by atoms with E-state index in [4.69, 9.17) is 0 Å². The Hall–Kier alpha value is -2.16. The second-order valence-electron chi connectivity index (χ2n) is 9.45. The summed E-state index contributed by atoms with van der Waals surface area (Å²) in [6.45, 7) is 12.0. The van der Waals surface area contributed by atoms with Crippen LogP contribution in [0.1, 0.15) is 54.1 Å². The Bertz CT molecular complexity index is 1200. The molecule has 8 heteroatoms. The van der Waals surface area contributed by atoms with Gasteiger partial charge in [-0.15, -0.1) is 23.1 Å². The maximum atomic E-state index is 12.6. The molecule has 2 aromatic heterocycles. The van der Waals surface area contributed by atoms with E-state index in [1.54, 1.807) is 11.3 Å². The van der Waals surface area contributed by atoms with Crippen LogP contribution in [0.25, 0.3) is 10.2 Å². The first kappa shape index (κ1) is 24.9. The third-order valence-electron chi connectivity index (χ3n) is 6.56. The number of aromatic nitrogens is 2. The van der Waals surface area contributed by atoms with Gasteiger partial charge in [-0.05, 0) is 62.8 Å². The van der Waals surface area contributed by atoms with E-state index in [0.29, 0.717) is 23.5 Å². The Balaban J connectivity index is 1.25. The molecule has 1 saturated heterocycles. The predicted molar refractivity (Wildman–Crippen MR) is 142 cm³/mol. The summed E-state index contributed by atoms with van der Waals surface area (Å²) < 4.78 is 0. The number of carbonyl (C=O) groups is 1. The van der Waals surface area contributed by atoms with Crippen molar-refractivity contribution in [2.75, 3.05) is 13.1 Å². The van der Waals surface area contributed by atoms with Crippen molar-refractivity contribution in [2.45, 2.75) is 64.6 Å². The molecule has 0 spiro atoms. The van der Waals surface area contributed by atoms with Crippen LogP contribution in [0.4, 0.5) is 0 Å². The van der Waals surface area contributed by atoms with E-state index < -0.39 is 0 Å². The minimum atomic E-state index is -0.242. The third kappa shape index (κ3) is 6.09. The lowest BCUT2D eigenvalue weighted by atomic mass is 9.99. The van der Waals surface area contributed by atoms with Crippen molar-refractivity contribution in [1.29, 1.82) is 0 Å². The summed E-state index contributed by atoms with van der Waals surface area (Å²) in [5.74, 6) is 1.87. The van der Waals surface area contributed by atoms with Crippen molar-refractivity contribution in [3.05, 3.63) is 62.0 Å². The van der Waals surface area contributed by atoms with E-state index in [1.807, 2.05) is 20.8 Å². The molecule has 6 nitrogen and oxygen atoms in total. The monoisotopic (exact) mass is 498 g/mol. The molecule has 1 aliphatic rings. The Labute approximate surface area is 209 Å². The van der Waals surface area contributed by atoms with Gasteiger partial charge in [0.25, 0.3) is 5.56 Å². The van der Waals surface area contributed by atoms with Crippen molar-refractivity contribution in [1.82, 2.24) is 20.2 Å². The highest BCUT2D eigenvalue weighted by molar-refractivity contribution is 7.99. The molecule has 1 fully saturated rings. The number of piperidine rings is 1. The number of hydrogen-bond donors (Lipinski definition) is 2. The summed E-state index contributed by atoms with van der Waals surface area (Å²) in [6.07, 6.45) is 2.62. The van der Waals surface area contributed by atoms with Crippen molar-refractivity contribution in [3.8, 4) is 0 Å². The Morgan fingerprint density at radius 1 is 1.29 bits per heavy atom. The average molecular weight is 499 g/mol. The lowest BCUT2D eigenvalue weighted by Gasteiger charge is -2.30. The number of thiophene rings is 1. The number of fused-ring (bicyclic) bond motifs is 1. The summed E-state index contributed by atoms with van der Waals surface area (Å²) in [5.41, 5.74) is 3.32. The summed E-state index contributed by atoms with van der Waals surface area (Å²) in [7, 11) is 0. The van der Waals surface area contributed by atoms with Crippen LogP contribution in [0, 0.1) is 19.8 Å². The fourth-order valence-electron chi connectivity index (χ4n) is 4.43. The molecule has 0 radical (unpaired) electrons. The number of hydrogen-bond acceptors (Lipinski definition) is 6. The second kappa shape index (κ2) is 11.1. The molecule has 4 rings (SSSR count). The number of nitrogens with zero attached hydrogens (tertiary/aromatic N) is 2. The standard InChI is InChI=1S/C26H34N4O2S2/c1-16-6-5-11-30(13-16)14-21-9-7-20(8-10-21)12-27-24(31)19(4)33-15-22-28-25(32)23-17(2)18(3)34-26(23)29-22/h7-10,16,19H,5-6,11-15H2,1-4H3,(H,27,31)(H,28,29,32). The van der Waals surface area contributed by atoms with Crippen LogP contribution in [0.5, 0.6) is 0 Å². The van der Waals surface area contributed by atoms with E-state index >= 15 is 0 Å². The van der Waals surface area contributed by atoms with Gasteiger partial charge < -0.3 is 10.3 Å². The maximum Gasteiger partial charge on any atom is 0.259 e. The summed E-state index contributed by atoms with van der Waals surface area (Å²) in [4.78, 5) is 36.9. The number of H-pyrrole nitrogens is 1. The third-order valence-corrected chi connectivity index (χ3v) is 8.82. The predicted octanol–water partition coefficient (Wildman–Crippen LogP) is 4.77. The van der Waals surface area contributed by atoms with Gasteiger partial charge in [-0.1, -0.05) is 31.2 Å². The molecule has 34 heavy (non-hydrogen) atoms. The average Bonchev–Trinajstić information content (AvgIpc) is 3.10. The highest BCUT2D eigenvalue weighted by Crippen LogP contribution is 2.26. The number of benzene rings is 1. The first-order valence-corrected chi connectivity index (χ1v) is 13.8. The molecule has 182 valence electrons. The van der Waals surface area contributed by atoms with Gasteiger partial charge in [0.1, 0.15) is 10.7 Å². The van der Waals surface area contributed by atoms with Gasteiger partial charge in [-0.25, -0.2) is 4.98 Å². The van der Waals surface area contributed by atoms with E-state index in [2.05, 4.69) is 51.4 Å². The molecule has 1 aliphatic heterocycles. The molecule has 2 atom stereocenters. The van der Waals surface area contributed by atoms with Gasteiger partial charge in [0, 0.05) is 24.5 Å². The van der Waals surface area contributed by atoms with Gasteiger partial charge in [-0.3, -0.25) is 14.5 Å². The molecule has 3 heterocycles. The minimum Gasteiger partial charge on any atom is -0.351 e. The first-order chi connectivity index (χ1) is 16.3. The van der Waals surface area contributed by atoms with Crippen molar-refractivity contribution in [2.24, 2.45) is 5.92 Å². The molecule has 0 saturated carbocycles. The highest BCUT2D eigenvalue weighted by Gasteiger charge is 2.17. The number of aromatic amines is 1. The highest BCUT2D eigenvalue weighted by atomic mass is 32.2. The molecule has 0 bridgehead atoms. The fraction of sp³-hybridized carbons (Fsp3) is 0.500. The minimum absolute atomic E-state index is 0.0115. The molecule has 3 aromatic rings. The normalized spacial score (nSPS) is 17.7. The number of aryl methyl sites for hydroxylation is 2. The molecule has 1 amide bonds. The zero-order valence-corrected chi connectivity index (χ0v) is 22.1. The summed E-state index contributed by atoms with van der Waals surface area (Å²) >= 11 is 3.02. The maximum absolute atomic E-state index is 12.6. The Morgan fingerprint density at radius 2 is 2.03 bits per heavy atom. The van der Waals surface area contributed by atoms with Crippen molar-refractivity contribution < 1.29 is 4.79 Å². The van der Waals surface area contributed by atoms with Crippen LogP contribution in [0.2, 0.25) is 0 Å². The van der Waals surface area contributed by atoms with Crippen LogP contribution in [-0.4, -0.2) is 39.1 Å². The van der Waals surface area contributed by atoms with Crippen molar-refractivity contribution in [3.63, 3.8) is 0 Å². The van der Waals surface area contributed by atoms with E-state index in [1.165, 1.54) is 43.3 Å². The second-order valence-corrected chi connectivity index (χ2v) is 12.0. The first-order valence-electron chi connectivity index (χ1n) is 12.0. The van der Waals surface area contributed by atoms with Crippen LogP contribution in [0.3, 0.4) is 0 Å². The zero-order valence-electron chi connectivity index (χ0n) is 20.4. The smallest absolute Gasteiger partial charge is 0.259 e. The van der Waals surface area contributed by atoms with Crippen LogP contribution in [-0.2, 0) is 23.6 Å². The van der Waals surface area contributed by atoms with Crippen LogP contribution >= 0.6 is 23.1 Å². The van der Waals surface area contributed by atoms with E-state index in [-0.39, 0.29) is 16.7 Å². The number of thioether (sulfide) groups is 1. The van der Waals surface area contributed by atoms with Gasteiger partial charge in [0.05, 0.1) is 16.4 Å². The number of amides is 1. The fourth-order valence-corrected chi connectivity index (χ4v) is 6.26. The molecule has 2 unspecified atom stereocenters. The molecular formula is C26H34N4O2S2. The Morgan fingerprint density at radius 3 is 2.76 bits per heavy atom. The van der Waals surface area contributed by atoms with Gasteiger partial charge in [-0.2, -0.15) is 0 Å². The lowest BCUT2D eigenvalue weighted by molar-refractivity contribution is -0.120. The summed E-state index contributed by atoms with van der Waals surface area (Å²) in [5, 5.41) is 3.47. The van der Waals surface area contributed by atoms with Crippen LogP contribution in [0.15, 0.2) is 29.1 Å². The topological polar surface area (TPSA) is 78.1 Å². The molecule has 1 aromatic carbocycles. The molecule has 2 N–H and O–H groups in total. The quantitative estimate of drug-likeness (QED) is 0.468. The van der Waals surface area contributed by atoms with Gasteiger partial charge in [0.2, 0.25) is 5.91 Å². The largest absolute Gasteiger partial charge is 0.351 e. The van der Waals surface area contributed by atoms with Gasteiger partial charge >= 0.3 is 0 Å². The van der Waals surface area contributed by atoms with Gasteiger partial charge in [0.15, 0.2) is 0 Å². The summed E-state index contributed by atoms with van der Waals surface area (Å²) in [6, 6.07) is 8.56. The SMILES string of the molecule is Cc1sc2nc(CSC(C)C(=O)NCc3ccc(CN4CCCC(C)C4)cc3)[nH]c(=O)c2c1C. The number of nitrogens with one attached hydrogen (secondary N) is 2.